The van der Waals surface area contributed by atoms with E-state index in [1.165, 1.54) is 5.39 Å². The van der Waals surface area contributed by atoms with E-state index in [9.17, 15) is 0 Å². The largest absolute Gasteiger partial charge is 0.380 e. The van der Waals surface area contributed by atoms with E-state index in [-0.39, 0.29) is 0 Å². The van der Waals surface area contributed by atoms with Gasteiger partial charge in [0.25, 0.3) is 0 Å². The molecule has 1 aromatic heterocycles. The third-order valence-electron chi connectivity index (χ3n) is 2.46. The summed E-state index contributed by atoms with van der Waals surface area (Å²) in [4.78, 5) is 4.54. The van der Waals surface area contributed by atoms with Gasteiger partial charge < -0.3 is 10.6 Å². The van der Waals surface area contributed by atoms with Gasteiger partial charge in [0.15, 0.2) is 0 Å². The van der Waals surface area contributed by atoms with Gasteiger partial charge in [-0.15, -0.1) is 0 Å². The number of aromatic nitrogens is 1. The Morgan fingerprint density at radius 2 is 1.93 bits per heavy atom. The third-order valence-corrected chi connectivity index (χ3v) is 2.46. The molecule has 0 spiro atoms. The Kier molecular flexibility index (Phi) is 1.56. The maximum Gasteiger partial charge on any atom is 0.150 e. The van der Waals surface area contributed by atoms with Crippen LogP contribution in [0.15, 0.2) is 30.3 Å². The van der Waals surface area contributed by atoms with Gasteiger partial charge in [0.1, 0.15) is 5.82 Å². The van der Waals surface area contributed by atoms with Crippen molar-refractivity contribution in [3.63, 3.8) is 0 Å². The van der Waals surface area contributed by atoms with Crippen molar-refractivity contribution in [3.8, 4) is 0 Å². The summed E-state index contributed by atoms with van der Waals surface area (Å²) < 4.78 is 0. The van der Waals surface area contributed by atoms with E-state index >= 15 is 0 Å². The Morgan fingerprint density at radius 3 is 2.93 bits per heavy atom. The quantitative estimate of drug-likeness (QED) is 0.659. The van der Waals surface area contributed by atoms with E-state index < -0.39 is 0 Å². The Labute approximate surface area is 82.2 Å². The summed E-state index contributed by atoms with van der Waals surface area (Å²) in [6.07, 6.45) is 0. The molecule has 3 heteroatoms. The molecule has 1 aliphatic heterocycles. The monoisotopic (exact) mass is 185 g/mol. The molecule has 0 unspecified atom stereocenters. The predicted molar refractivity (Wildman–Crippen MR) is 58.7 cm³/mol. The van der Waals surface area contributed by atoms with Crippen LogP contribution >= 0.6 is 0 Å². The highest BCUT2D eigenvalue weighted by Crippen LogP contribution is 2.26. The summed E-state index contributed by atoms with van der Waals surface area (Å²) in [6, 6.07) is 10.3. The van der Waals surface area contributed by atoms with Crippen LogP contribution in [0.1, 0.15) is 0 Å². The van der Waals surface area contributed by atoms with E-state index in [0.717, 1.165) is 30.1 Å². The summed E-state index contributed by atoms with van der Waals surface area (Å²) in [5.41, 5.74) is 2.15. The lowest BCUT2D eigenvalue weighted by Crippen LogP contribution is -2.21. The molecule has 14 heavy (non-hydrogen) atoms. The van der Waals surface area contributed by atoms with Crippen molar-refractivity contribution in [1.82, 2.24) is 4.98 Å². The van der Waals surface area contributed by atoms with E-state index in [1.54, 1.807) is 0 Å². The first-order chi connectivity index (χ1) is 6.93. The van der Waals surface area contributed by atoms with Crippen LogP contribution in [0.25, 0.3) is 10.9 Å². The predicted octanol–water partition coefficient (Wildman–Crippen LogP) is 2.07. The smallest absolute Gasteiger partial charge is 0.150 e. The Morgan fingerprint density at radius 1 is 1.07 bits per heavy atom. The second-order valence-electron chi connectivity index (χ2n) is 3.43. The van der Waals surface area contributed by atoms with Gasteiger partial charge in [-0.1, -0.05) is 18.2 Å². The highest BCUT2D eigenvalue weighted by molar-refractivity contribution is 5.87. The topological polar surface area (TPSA) is 37.0 Å². The van der Waals surface area contributed by atoms with Crippen molar-refractivity contribution in [2.75, 3.05) is 23.7 Å². The fourth-order valence-electron chi connectivity index (χ4n) is 1.76. The number of benzene rings is 1. The van der Waals surface area contributed by atoms with E-state index in [0.29, 0.717) is 0 Å². The summed E-state index contributed by atoms with van der Waals surface area (Å²) >= 11 is 0. The number of hydrogen-bond acceptors (Lipinski definition) is 3. The van der Waals surface area contributed by atoms with Crippen LogP contribution in [0, 0.1) is 0 Å². The summed E-state index contributed by atoms with van der Waals surface area (Å²) in [5, 5.41) is 7.79. The average Bonchev–Trinajstić information content (AvgIpc) is 2.26. The minimum atomic E-state index is 0.943. The highest BCUT2D eigenvalue weighted by atomic mass is 15.1. The number of fused-ring (bicyclic) bond motifs is 2. The molecule has 2 heterocycles. The Balaban J connectivity index is 2.27. The van der Waals surface area contributed by atoms with Crippen molar-refractivity contribution in [1.29, 1.82) is 0 Å². The van der Waals surface area contributed by atoms with Crippen molar-refractivity contribution in [3.05, 3.63) is 30.3 Å². The average molecular weight is 185 g/mol. The molecule has 0 amide bonds. The first-order valence-electron chi connectivity index (χ1n) is 4.81. The minimum Gasteiger partial charge on any atom is -0.380 e. The molecule has 0 radical (unpaired) electrons. The zero-order valence-electron chi connectivity index (χ0n) is 7.75. The van der Waals surface area contributed by atoms with Crippen molar-refractivity contribution < 1.29 is 0 Å². The molecule has 0 saturated heterocycles. The van der Waals surface area contributed by atoms with Crippen LogP contribution in [0.2, 0.25) is 0 Å². The fourth-order valence-corrected chi connectivity index (χ4v) is 1.76. The second-order valence-corrected chi connectivity index (χ2v) is 3.43. The van der Waals surface area contributed by atoms with Crippen molar-refractivity contribution in [2.24, 2.45) is 0 Å². The number of anilines is 2. The van der Waals surface area contributed by atoms with Crippen molar-refractivity contribution >= 4 is 22.4 Å². The molecule has 0 aliphatic carbocycles. The molecule has 2 aromatic rings. The van der Waals surface area contributed by atoms with E-state index in [2.05, 4.69) is 27.8 Å². The lowest BCUT2D eigenvalue weighted by Gasteiger charge is -2.19. The van der Waals surface area contributed by atoms with E-state index in [4.69, 9.17) is 0 Å². The molecule has 1 aliphatic rings. The minimum absolute atomic E-state index is 0.943. The molecule has 2 N–H and O–H groups in total. The maximum atomic E-state index is 4.54. The second kappa shape index (κ2) is 2.87. The van der Waals surface area contributed by atoms with Gasteiger partial charge in [-0.3, -0.25) is 0 Å². The molecule has 0 bridgehead atoms. The van der Waals surface area contributed by atoms with Crippen molar-refractivity contribution in [2.45, 2.75) is 0 Å². The summed E-state index contributed by atoms with van der Waals surface area (Å²) in [7, 11) is 0. The first kappa shape index (κ1) is 7.62. The van der Waals surface area contributed by atoms with Gasteiger partial charge in [-0.05, 0) is 12.1 Å². The van der Waals surface area contributed by atoms with Crippen LogP contribution in [0.3, 0.4) is 0 Å². The van der Waals surface area contributed by atoms with Crippen LogP contribution < -0.4 is 10.6 Å². The number of hydrogen-bond donors (Lipinski definition) is 2. The molecule has 3 nitrogen and oxygen atoms in total. The zero-order valence-corrected chi connectivity index (χ0v) is 7.75. The third kappa shape index (κ3) is 1.09. The Hall–Kier alpha value is -1.77. The van der Waals surface area contributed by atoms with Crippen LogP contribution in [-0.2, 0) is 0 Å². The highest BCUT2D eigenvalue weighted by Gasteiger charge is 2.09. The molecule has 0 fully saturated rings. The summed E-state index contributed by atoms with van der Waals surface area (Å²) in [5.74, 6) is 0.968. The van der Waals surface area contributed by atoms with Gasteiger partial charge in [0, 0.05) is 18.5 Å². The molecule has 3 rings (SSSR count). The SMILES string of the molecule is c1ccc2nc3c(cc2c1)NCCN3. The van der Waals surface area contributed by atoms with Gasteiger partial charge in [0.2, 0.25) is 0 Å². The van der Waals surface area contributed by atoms with Gasteiger partial charge in [-0.2, -0.15) is 0 Å². The molecular formula is C11H11N3. The maximum absolute atomic E-state index is 4.54. The van der Waals surface area contributed by atoms with Gasteiger partial charge in [0.05, 0.1) is 11.2 Å². The van der Waals surface area contributed by atoms with Gasteiger partial charge >= 0.3 is 0 Å². The molecule has 0 atom stereocenters. The molecule has 70 valence electrons. The Bertz CT molecular complexity index is 434. The summed E-state index contributed by atoms with van der Waals surface area (Å²) in [6.45, 7) is 1.91. The number of para-hydroxylation sites is 1. The molecular weight excluding hydrogens is 174 g/mol. The number of pyridine rings is 1. The lowest BCUT2D eigenvalue weighted by atomic mass is 10.2. The number of nitrogens with one attached hydrogen (secondary N) is 2. The molecule has 0 saturated carbocycles. The number of nitrogens with zero attached hydrogens (tertiary/aromatic N) is 1. The zero-order chi connectivity index (χ0) is 9.38. The standard InChI is InChI=1S/C11H11N3/c1-2-4-9-8(3-1)7-10-11(14-9)13-6-5-12-10/h1-4,7,12H,5-6H2,(H,13,14). The van der Waals surface area contributed by atoms with Crippen LogP contribution in [0.5, 0.6) is 0 Å². The number of rotatable bonds is 0. The normalized spacial score (nSPS) is 14.3. The van der Waals surface area contributed by atoms with E-state index in [1.807, 2.05) is 18.2 Å². The van der Waals surface area contributed by atoms with Crippen LogP contribution in [0.4, 0.5) is 11.5 Å². The first-order valence-corrected chi connectivity index (χ1v) is 4.81. The fraction of sp³-hybridized carbons (Fsp3) is 0.182. The van der Waals surface area contributed by atoms with Gasteiger partial charge in [-0.25, -0.2) is 4.98 Å². The molecule has 1 aromatic carbocycles. The van der Waals surface area contributed by atoms with Crippen LogP contribution in [-0.4, -0.2) is 18.1 Å². The lowest BCUT2D eigenvalue weighted by molar-refractivity contribution is 1.03.